The molecule has 184 valence electrons. The third-order valence-corrected chi connectivity index (χ3v) is 6.38. The Morgan fingerprint density at radius 2 is 1.66 bits per heavy atom. The molecule has 7 heteroatoms. The fourth-order valence-electron chi connectivity index (χ4n) is 4.12. The molecule has 2 atom stereocenters. The van der Waals surface area contributed by atoms with E-state index in [2.05, 4.69) is 29.7 Å². The lowest BCUT2D eigenvalue weighted by Gasteiger charge is -2.18. The molecule has 1 amide bonds. The summed E-state index contributed by atoms with van der Waals surface area (Å²) in [6.07, 6.45) is 0. The van der Waals surface area contributed by atoms with Gasteiger partial charge in [0, 0.05) is 29.4 Å². The topological polar surface area (TPSA) is 87.7 Å². The molecule has 0 aliphatic heterocycles. The molecule has 3 rings (SSSR count). The van der Waals surface area contributed by atoms with Gasteiger partial charge in [0.05, 0.1) is 6.61 Å². The number of carboxylic acids is 1. The number of rotatable bonds is 9. The smallest absolute Gasteiger partial charge is 0.328 e. The Morgan fingerprint density at radius 1 is 0.971 bits per heavy atom. The first-order valence-electron chi connectivity index (χ1n) is 11.4. The van der Waals surface area contributed by atoms with E-state index in [1.165, 1.54) is 7.11 Å². The zero-order chi connectivity index (χ0) is 25.7. The number of ether oxygens (including phenoxy) is 1. The first-order valence-corrected chi connectivity index (χ1v) is 11.8. The number of halogens is 1. The third kappa shape index (κ3) is 6.41. The van der Waals surface area contributed by atoms with Gasteiger partial charge in [-0.25, -0.2) is 4.79 Å². The van der Waals surface area contributed by atoms with Crippen molar-refractivity contribution in [2.75, 3.05) is 19.0 Å². The second-order valence-electron chi connectivity index (χ2n) is 8.76. The maximum atomic E-state index is 12.8. The van der Waals surface area contributed by atoms with E-state index in [9.17, 15) is 14.7 Å². The minimum Gasteiger partial charge on any atom is -0.480 e. The Morgan fingerprint density at radius 3 is 2.26 bits per heavy atom. The molecule has 3 aromatic rings. The van der Waals surface area contributed by atoms with Gasteiger partial charge in [-0.05, 0) is 79.3 Å². The number of nitrogens with one attached hydrogen (secondary N) is 2. The van der Waals surface area contributed by atoms with Crippen LogP contribution in [0.15, 0.2) is 54.6 Å². The van der Waals surface area contributed by atoms with Gasteiger partial charge < -0.3 is 20.5 Å². The number of hydrogen-bond donors (Lipinski definition) is 3. The fourth-order valence-corrected chi connectivity index (χ4v) is 4.24. The molecule has 2 unspecified atom stereocenters. The summed E-state index contributed by atoms with van der Waals surface area (Å²) in [5, 5.41) is 16.2. The second-order valence-corrected chi connectivity index (χ2v) is 9.17. The molecule has 0 aliphatic rings. The van der Waals surface area contributed by atoms with Crippen LogP contribution in [-0.2, 0) is 9.53 Å². The van der Waals surface area contributed by atoms with Crippen LogP contribution in [0.25, 0.3) is 11.1 Å². The quantitative estimate of drug-likeness (QED) is 0.343. The van der Waals surface area contributed by atoms with Crippen LogP contribution in [0.3, 0.4) is 0 Å². The van der Waals surface area contributed by atoms with Gasteiger partial charge in [-0.15, -0.1) is 0 Å². The number of amides is 1. The predicted octanol–water partition coefficient (Wildman–Crippen LogP) is 5.93. The second kappa shape index (κ2) is 11.4. The van der Waals surface area contributed by atoms with E-state index in [-0.39, 0.29) is 12.6 Å². The van der Waals surface area contributed by atoms with Crippen molar-refractivity contribution in [3.05, 3.63) is 87.4 Å². The predicted molar refractivity (Wildman–Crippen MR) is 140 cm³/mol. The highest BCUT2D eigenvalue weighted by atomic mass is 35.5. The van der Waals surface area contributed by atoms with Gasteiger partial charge in [-0.2, -0.15) is 0 Å². The summed E-state index contributed by atoms with van der Waals surface area (Å²) in [6, 6.07) is 17.0. The Balaban J connectivity index is 1.83. The highest BCUT2D eigenvalue weighted by Gasteiger charge is 2.23. The van der Waals surface area contributed by atoms with E-state index in [4.69, 9.17) is 16.3 Å². The van der Waals surface area contributed by atoms with Crippen molar-refractivity contribution in [2.24, 2.45) is 0 Å². The molecule has 3 aromatic carbocycles. The fraction of sp³-hybridized carbons (Fsp3) is 0.286. The van der Waals surface area contributed by atoms with Gasteiger partial charge >= 0.3 is 5.97 Å². The molecular formula is C28H31ClN2O4. The van der Waals surface area contributed by atoms with Crippen LogP contribution in [-0.4, -0.2) is 36.7 Å². The van der Waals surface area contributed by atoms with Gasteiger partial charge in [0.25, 0.3) is 5.91 Å². The summed E-state index contributed by atoms with van der Waals surface area (Å²) in [4.78, 5) is 24.2. The van der Waals surface area contributed by atoms with Crippen molar-refractivity contribution in [3.8, 4) is 11.1 Å². The minimum atomic E-state index is -1.14. The van der Waals surface area contributed by atoms with E-state index in [1.54, 1.807) is 0 Å². The maximum absolute atomic E-state index is 12.8. The molecule has 0 fully saturated rings. The largest absolute Gasteiger partial charge is 0.480 e. The number of aliphatic carboxylic acids is 1. The maximum Gasteiger partial charge on any atom is 0.328 e. The number of carboxylic acid groups (broad SMARTS) is 1. The average Bonchev–Trinajstić information content (AvgIpc) is 2.80. The molecular weight excluding hydrogens is 464 g/mol. The number of aryl methyl sites for hydroxylation is 3. The Hall–Kier alpha value is -3.35. The number of methoxy groups -OCH3 is 1. The van der Waals surface area contributed by atoms with Gasteiger partial charge in [-0.1, -0.05) is 48.0 Å². The van der Waals surface area contributed by atoms with Gasteiger partial charge in [-0.3, -0.25) is 4.79 Å². The normalized spacial score (nSPS) is 12.6. The van der Waals surface area contributed by atoms with Gasteiger partial charge in [0.15, 0.2) is 6.04 Å². The van der Waals surface area contributed by atoms with Crippen LogP contribution >= 0.6 is 11.6 Å². The first-order chi connectivity index (χ1) is 16.6. The Labute approximate surface area is 211 Å². The van der Waals surface area contributed by atoms with Gasteiger partial charge in [0.1, 0.15) is 0 Å². The van der Waals surface area contributed by atoms with E-state index in [1.807, 2.05) is 63.2 Å². The van der Waals surface area contributed by atoms with Gasteiger partial charge in [0.2, 0.25) is 0 Å². The van der Waals surface area contributed by atoms with Crippen LogP contribution in [0.2, 0.25) is 5.02 Å². The molecule has 0 saturated heterocycles. The van der Waals surface area contributed by atoms with Crippen LogP contribution < -0.4 is 10.6 Å². The van der Waals surface area contributed by atoms with Crippen LogP contribution in [0.5, 0.6) is 0 Å². The summed E-state index contributed by atoms with van der Waals surface area (Å²) in [5.74, 6) is -1.57. The van der Waals surface area contributed by atoms with Crippen molar-refractivity contribution in [1.29, 1.82) is 0 Å². The van der Waals surface area contributed by atoms with Crippen LogP contribution in [0, 0.1) is 20.8 Å². The average molecular weight is 495 g/mol. The van der Waals surface area contributed by atoms with E-state index >= 15 is 0 Å². The molecule has 0 bridgehead atoms. The standard InChI is InChI=1S/C28H31ClN2O4/c1-16-11-20(9-10-24(16)29)19(4)30-23-8-6-7-21(14-23)22-12-17(2)26(18(3)13-22)27(32)31-25(15-35-5)28(33)34/h6-14,19,25,30H,15H2,1-5H3,(H,31,32)(H,33,34). The molecule has 3 N–H and O–H groups in total. The summed E-state index contributed by atoms with van der Waals surface area (Å²) in [7, 11) is 1.40. The number of anilines is 1. The van der Waals surface area contributed by atoms with Crippen molar-refractivity contribution in [2.45, 2.75) is 39.8 Å². The van der Waals surface area contributed by atoms with E-state index in [0.29, 0.717) is 5.56 Å². The van der Waals surface area contributed by atoms with Crippen molar-refractivity contribution >= 4 is 29.2 Å². The molecule has 0 aromatic heterocycles. The number of carbonyl (C=O) groups excluding carboxylic acids is 1. The molecule has 0 heterocycles. The minimum absolute atomic E-state index is 0.0880. The SMILES string of the molecule is COCC(NC(=O)c1c(C)cc(-c2cccc(NC(C)c3ccc(Cl)c(C)c3)c2)cc1C)C(=O)O. The summed E-state index contributed by atoms with van der Waals surface area (Å²) in [5.41, 5.74) is 7.15. The van der Waals surface area contributed by atoms with Crippen molar-refractivity contribution < 1.29 is 19.4 Å². The highest BCUT2D eigenvalue weighted by Crippen LogP contribution is 2.29. The Kier molecular flexibility index (Phi) is 8.54. The zero-order valence-corrected chi connectivity index (χ0v) is 21.4. The number of benzene rings is 3. The molecule has 0 spiro atoms. The highest BCUT2D eigenvalue weighted by molar-refractivity contribution is 6.31. The van der Waals surface area contributed by atoms with Crippen molar-refractivity contribution in [1.82, 2.24) is 5.32 Å². The monoisotopic (exact) mass is 494 g/mol. The number of carbonyl (C=O) groups is 2. The zero-order valence-electron chi connectivity index (χ0n) is 20.6. The van der Waals surface area contributed by atoms with Crippen LogP contribution in [0.1, 0.15) is 45.6 Å². The van der Waals surface area contributed by atoms with E-state index in [0.717, 1.165) is 44.1 Å². The third-order valence-electron chi connectivity index (χ3n) is 5.96. The molecule has 35 heavy (non-hydrogen) atoms. The first kappa shape index (κ1) is 26.3. The summed E-state index contributed by atoms with van der Waals surface area (Å²) >= 11 is 6.17. The lowest BCUT2D eigenvalue weighted by molar-refractivity contribution is -0.140. The van der Waals surface area contributed by atoms with E-state index < -0.39 is 17.9 Å². The lowest BCUT2D eigenvalue weighted by Crippen LogP contribution is -2.44. The molecule has 0 aliphatic carbocycles. The molecule has 0 saturated carbocycles. The Bertz CT molecular complexity index is 1220. The van der Waals surface area contributed by atoms with Crippen molar-refractivity contribution in [3.63, 3.8) is 0 Å². The molecule has 6 nitrogen and oxygen atoms in total. The lowest BCUT2D eigenvalue weighted by atomic mass is 9.94. The summed E-state index contributed by atoms with van der Waals surface area (Å²) in [6.45, 7) is 7.69. The number of hydrogen-bond acceptors (Lipinski definition) is 4. The van der Waals surface area contributed by atoms with Crippen LogP contribution in [0.4, 0.5) is 5.69 Å². The molecule has 0 radical (unpaired) electrons. The summed E-state index contributed by atoms with van der Waals surface area (Å²) < 4.78 is 4.91.